The average molecular weight is 585 g/mol. The molecule has 0 saturated carbocycles. The molecule has 1 aliphatic rings. The van der Waals surface area contributed by atoms with Gasteiger partial charge in [0.2, 0.25) is 0 Å². The molecule has 0 amide bonds. The zero-order chi connectivity index (χ0) is 30.0. The van der Waals surface area contributed by atoms with E-state index in [9.17, 15) is 5.11 Å². The van der Waals surface area contributed by atoms with Crippen molar-refractivity contribution in [1.82, 2.24) is 9.80 Å². The number of β-amino-alcohol motifs (C(OH)–C–C–N with tert-alkyl or cyclic N) is 1. The summed E-state index contributed by atoms with van der Waals surface area (Å²) < 4.78 is 12.4. The Hall–Kier alpha value is -4.42. The van der Waals surface area contributed by atoms with Gasteiger partial charge >= 0.3 is 0 Å². The van der Waals surface area contributed by atoms with Gasteiger partial charge < -0.3 is 14.6 Å². The third kappa shape index (κ3) is 7.74. The van der Waals surface area contributed by atoms with E-state index in [1.54, 1.807) is 0 Å². The number of benzene rings is 5. The van der Waals surface area contributed by atoms with Crippen LogP contribution in [0.15, 0.2) is 140 Å². The highest BCUT2D eigenvalue weighted by atomic mass is 16.5. The summed E-state index contributed by atoms with van der Waals surface area (Å²) in [6, 6.07) is 47.7. The summed E-state index contributed by atoms with van der Waals surface area (Å²) in [6.07, 6.45) is -0.686. The largest absolute Gasteiger partial charge is 0.489 e. The van der Waals surface area contributed by atoms with E-state index in [2.05, 4.69) is 70.5 Å². The minimum atomic E-state index is -0.686. The Morgan fingerprint density at radius 2 is 1.07 bits per heavy atom. The summed E-state index contributed by atoms with van der Waals surface area (Å²) >= 11 is 0. The highest BCUT2D eigenvalue weighted by Crippen LogP contribution is 2.33. The van der Waals surface area contributed by atoms with E-state index in [-0.39, 0.29) is 6.04 Å². The smallest absolute Gasteiger partial charge is 0.129 e. The Bertz CT molecular complexity index is 1520. The molecule has 1 N–H and O–H groups in total. The van der Waals surface area contributed by atoms with Crippen LogP contribution in [0, 0.1) is 0 Å². The molecule has 6 rings (SSSR count). The Morgan fingerprint density at radius 1 is 0.568 bits per heavy atom. The highest BCUT2D eigenvalue weighted by molar-refractivity contribution is 5.42. The summed E-state index contributed by atoms with van der Waals surface area (Å²) in [4.78, 5) is 4.91. The second-order valence-corrected chi connectivity index (χ2v) is 11.3. The Balaban J connectivity index is 1.13. The third-order valence-corrected chi connectivity index (χ3v) is 8.26. The molecule has 1 unspecified atom stereocenters. The number of rotatable bonds is 12. The van der Waals surface area contributed by atoms with Crippen molar-refractivity contribution >= 4 is 0 Å². The Labute approximate surface area is 260 Å². The molecular weight excluding hydrogens is 544 g/mol. The maximum absolute atomic E-state index is 11.5. The van der Waals surface area contributed by atoms with Crippen LogP contribution in [0.3, 0.4) is 0 Å². The first-order valence-corrected chi connectivity index (χ1v) is 15.4. The van der Waals surface area contributed by atoms with Crippen molar-refractivity contribution in [3.8, 4) is 11.5 Å². The lowest BCUT2D eigenvalue weighted by atomic mass is 9.96. The number of nitrogens with zero attached hydrogens (tertiary/aromatic N) is 2. The first-order chi connectivity index (χ1) is 21.7. The second kappa shape index (κ2) is 14.8. The monoisotopic (exact) mass is 584 g/mol. The number of piperazine rings is 1. The molecule has 0 spiro atoms. The topological polar surface area (TPSA) is 45.2 Å². The maximum Gasteiger partial charge on any atom is 0.129 e. The molecule has 5 nitrogen and oxygen atoms in total. The molecule has 1 heterocycles. The summed E-state index contributed by atoms with van der Waals surface area (Å²) in [5, 5.41) is 11.5. The number of aliphatic hydroxyl groups excluding tert-OH is 1. The van der Waals surface area contributed by atoms with E-state index in [1.807, 2.05) is 78.9 Å². The fourth-order valence-corrected chi connectivity index (χ4v) is 5.91. The van der Waals surface area contributed by atoms with Gasteiger partial charge in [-0.3, -0.25) is 9.80 Å². The molecule has 5 heteroatoms. The quantitative estimate of drug-likeness (QED) is 0.167. The summed E-state index contributed by atoms with van der Waals surface area (Å²) in [6.45, 7) is 5.04. The van der Waals surface area contributed by atoms with E-state index >= 15 is 0 Å². The maximum atomic E-state index is 11.5. The first kappa shape index (κ1) is 29.6. The van der Waals surface area contributed by atoms with Gasteiger partial charge in [-0.15, -0.1) is 0 Å². The van der Waals surface area contributed by atoms with Crippen molar-refractivity contribution in [3.05, 3.63) is 167 Å². The van der Waals surface area contributed by atoms with Gasteiger partial charge in [-0.05, 0) is 34.4 Å². The van der Waals surface area contributed by atoms with Crippen molar-refractivity contribution in [3.63, 3.8) is 0 Å². The number of hydrogen-bond acceptors (Lipinski definition) is 5. The van der Waals surface area contributed by atoms with Crippen molar-refractivity contribution < 1.29 is 14.6 Å². The van der Waals surface area contributed by atoms with Crippen LogP contribution >= 0.6 is 0 Å². The normalized spacial score (nSPS) is 14.8. The lowest BCUT2D eigenvalue weighted by Gasteiger charge is -2.40. The predicted octanol–water partition coefficient (Wildman–Crippen LogP) is 7.29. The van der Waals surface area contributed by atoms with E-state index in [0.717, 1.165) is 42.9 Å². The molecule has 0 radical (unpaired) electrons. The van der Waals surface area contributed by atoms with Crippen LogP contribution in [-0.2, 0) is 13.2 Å². The molecule has 1 fully saturated rings. The SMILES string of the molecule is OC(CN1CCN(C(c2ccccc2)c2ccccc2)CC1)c1ccc(OCc2ccccc2)cc1OCc1ccccc1. The van der Waals surface area contributed by atoms with E-state index in [4.69, 9.17) is 9.47 Å². The first-order valence-electron chi connectivity index (χ1n) is 15.4. The molecule has 0 aromatic heterocycles. The molecule has 224 valence electrons. The van der Waals surface area contributed by atoms with Crippen LogP contribution in [-0.4, -0.2) is 47.6 Å². The van der Waals surface area contributed by atoms with Crippen LogP contribution in [0.4, 0.5) is 0 Å². The predicted molar refractivity (Wildman–Crippen MR) is 176 cm³/mol. The fourth-order valence-electron chi connectivity index (χ4n) is 5.91. The average Bonchev–Trinajstić information content (AvgIpc) is 3.09. The molecule has 1 saturated heterocycles. The molecule has 44 heavy (non-hydrogen) atoms. The molecule has 0 aliphatic carbocycles. The van der Waals surface area contributed by atoms with Crippen molar-refractivity contribution in [2.75, 3.05) is 32.7 Å². The van der Waals surface area contributed by atoms with Gasteiger partial charge in [0.25, 0.3) is 0 Å². The van der Waals surface area contributed by atoms with Crippen molar-refractivity contribution in [1.29, 1.82) is 0 Å². The molecule has 5 aromatic rings. The van der Waals surface area contributed by atoms with Crippen LogP contribution in [0.5, 0.6) is 11.5 Å². The van der Waals surface area contributed by atoms with Gasteiger partial charge in [0.1, 0.15) is 24.7 Å². The standard InChI is InChI=1S/C39H40N2O3/c42-37(28-40-23-25-41(26-24-40)39(33-17-9-3-10-18-33)34-19-11-4-12-20-34)36-22-21-35(43-29-31-13-5-1-6-14-31)27-38(36)44-30-32-15-7-2-8-16-32/h1-22,27,37,39,42H,23-26,28-30H2. The second-order valence-electron chi connectivity index (χ2n) is 11.3. The summed E-state index contributed by atoms with van der Waals surface area (Å²) in [7, 11) is 0. The van der Waals surface area contributed by atoms with Crippen molar-refractivity contribution in [2.45, 2.75) is 25.4 Å². The Morgan fingerprint density at radius 3 is 1.61 bits per heavy atom. The van der Waals surface area contributed by atoms with Gasteiger partial charge in [-0.1, -0.05) is 121 Å². The summed E-state index contributed by atoms with van der Waals surface area (Å²) in [5.41, 5.74) is 5.57. The van der Waals surface area contributed by atoms with Crippen molar-refractivity contribution in [2.24, 2.45) is 0 Å². The van der Waals surface area contributed by atoms with Crippen LogP contribution in [0.2, 0.25) is 0 Å². The molecule has 5 aromatic carbocycles. The number of ether oxygens (including phenoxy) is 2. The lowest BCUT2D eigenvalue weighted by molar-refractivity contribution is 0.0609. The van der Waals surface area contributed by atoms with Gasteiger partial charge in [0.15, 0.2) is 0 Å². The van der Waals surface area contributed by atoms with E-state index in [1.165, 1.54) is 11.1 Å². The third-order valence-electron chi connectivity index (χ3n) is 8.26. The van der Waals surface area contributed by atoms with E-state index < -0.39 is 6.10 Å². The van der Waals surface area contributed by atoms with Crippen LogP contribution < -0.4 is 9.47 Å². The molecule has 1 aliphatic heterocycles. The molecule has 1 atom stereocenters. The van der Waals surface area contributed by atoms with Crippen LogP contribution in [0.1, 0.15) is 40.0 Å². The molecule has 0 bridgehead atoms. The Kier molecular flexibility index (Phi) is 10.0. The van der Waals surface area contributed by atoms with E-state index in [0.29, 0.717) is 31.3 Å². The summed E-state index contributed by atoms with van der Waals surface area (Å²) in [5.74, 6) is 1.37. The zero-order valence-corrected chi connectivity index (χ0v) is 25.0. The van der Waals surface area contributed by atoms with Gasteiger partial charge in [-0.25, -0.2) is 0 Å². The van der Waals surface area contributed by atoms with Gasteiger partial charge in [0, 0.05) is 44.4 Å². The molecular formula is C39H40N2O3. The lowest BCUT2D eigenvalue weighted by Crippen LogP contribution is -2.48. The zero-order valence-electron chi connectivity index (χ0n) is 25.0. The van der Waals surface area contributed by atoms with Crippen LogP contribution in [0.25, 0.3) is 0 Å². The number of aliphatic hydroxyl groups is 1. The fraction of sp³-hybridized carbons (Fsp3) is 0.231. The number of hydrogen-bond donors (Lipinski definition) is 1. The minimum Gasteiger partial charge on any atom is -0.489 e. The minimum absolute atomic E-state index is 0.214. The van der Waals surface area contributed by atoms with Gasteiger partial charge in [-0.2, -0.15) is 0 Å². The van der Waals surface area contributed by atoms with Gasteiger partial charge in [0.05, 0.1) is 12.1 Å². The highest BCUT2D eigenvalue weighted by Gasteiger charge is 2.28.